The molecule has 0 aliphatic heterocycles. The highest BCUT2D eigenvalue weighted by Gasteiger charge is 2.10. The first-order chi connectivity index (χ1) is 10.6. The van der Waals surface area contributed by atoms with Crippen molar-refractivity contribution < 1.29 is 0 Å². The van der Waals surface area contributed by atoms with Gasteiger partial charge in [0.05, 0.1) is 5.69 Å². The molecule has 22 heavy (non-hydrogen) atoms. The maximum absolute atomic E-state index is 12.1. The second kappa shape index (κ2) is 5.99. The van der Waals surface area contributed by atoms with Crippen LogP contribution in [0.5, 0.6) is 0 Å². The van der Waals surface area contributed by atoms with Crippen molar-refractivity contribution in [3.63, 3.8) is 0 Å². The summed E-state index contributed by atoms with van der Waals surface area (Å²) in [5, 5.41) is 3.71. The van der Waals surface area contributed by atoms with Crippen LogP contribution in [0.2, 0.25) is 5.02 Å². The molecule has 6 heteroatoms. The van der Waals surface area contributed by atoms with Crippen LogP contribution < -0.4 is 10.9 Å². The highest BCUT2D eigenvalue weighted by Crippen LogP contribution is 2.21. The zero-order chi connectivity index (χ0) is 15.5. The molecule has 0 aliphatic rings. The quantitative estimate of drug-likeness (QED) is 0.776. The predicted octanol–water partition coefficient (Wildman–Crippen LogP) is 3.54. The molecule has 1 aromatic carbocycles. The van der Waals surface area contributed by atoms with E-state index in [1.54, 1.807) is 31.5 Å². The van der Waals surface area contributed by atoms with Crippen LogP contribution in [0.15, 0.2) is 53.6 Å². The van der Waals surface area contributed by atoms with Gasteiger partial charge in [0.15, 0.2) is 0 Å². The molecule has 0 spiro atoms. The molecular formula is C16H13ClN4O. The molecule has 3 aromatic rings. The van der Waals surface area contributed by atoms with Gasteiger partial charge in [-0.3, -0.25) is 14.8 Å². The van der Waals surface area contributed by atoms with Crippen LogP contribution in [-0.2, 0) is 0 Å². The van der Waals surface area contributed by atoms with Gasteiger partial charge < -0.3 is 5.32 Å². The maximum atomic E-state index is 12.1. The standard InChI is InChI=1S/C16H13ClN4O/c1-10-14(11-3-2-8-18-9-11)20-16(21-15(10)22)19-13-6-4-12(17)5-7-13/h2-9H,1H3,(H2,19,20,21,22). The van der Waals surface area contributed by atoms with Gasteiger partial charge in [-0.25, -0.2) is 4.98 Å². The van der Waals surface area contributed by atoms with Crippen molar-refractivity contribution in [2.75, 3.05) is 5.32 Å². The third-order valence-electron chi connectivity index (χ3n) is 3.19. The Morgan fingerprint density at radius 2 is 1.95 bits per heavy atom. The normalized spacial score (nSPS) is 10.5. The summed E-state index contributed by atoms with van der Waals surface area (Å²) in [6.45, 7) is 1.74. The molecule has 0 unspecified atom stereocenters. The number of pyridine rings is 1. The van der Waals surface area contributed by atoms with Crippen molar-refractivity contribution in [3.8, 4) is 11.3 Å². The van der Waals surface area contributed by atoms with E-state index >= 15 is 0 Å². The van der Waals surface area contributed by atoms with Crippen LogP contribution in [0.25, 0.3) is 11.3 Å². The van der Waals surface area contributed by atoms with Crippen LogP contribution in [0, 0.1) is 6.92 Å². The van der Waals surface area contributed by atoms with E-state index < -0.39 is 0 Å². The Morgan fingerprint density at radius 3 is 2.64 bits per heavy atom. The number of hydrogen-bond donors (Lipinski definition) is 2. The van der Waals surface area contributed by atoms with E-state index in [-0.39, 0.29) is 5.56 Å². The number of aromatic nitrogens is 3. The Kier molecular flexibility index (Phi) is 3.89. The summed E-state index contributed by atoms with van der Waals surface area (Å²) in [6, 6.07) is 10.8. The van der Waals surface area contributed by atoms with Crippen LogP contribution >= 0.6 is 11.6 Å². The van der Waals surface area contributed by atoms with Crippen LogP contribution in [0.1, 0.15) is 5.56 Å². The van der Waals surface area contributed by atoms with Gasteiger partial charge >= 0.3 is 0 Å². The second-order valence-corrected chi connectivity index (χ2v) is 5.20. The molecule has 0 bridgehead atoms. The molecule has 2 aromatic heterocycles. The van der Waals surface area contributed by atoms with Gasteiger partial charge in [-0.1, -0.05) is 11.6 Å². The molecule has 0 amide bonds. The van der Waals surface area contributed by atoms with E-state index in [1.165, 1.54) is 0 Å². The van der Waals surface area contributed by atoms with Gasteiger partial charge in [-0.15, -0.1) is 0 Å². The molecule has 3 rings (SSSR count). The molecule has 2 heterocycles. The Bertz CT molecular complexity index is 844. The number of hydrogen-bond acceptors (Lipinski definition) is 4. The number of H-pyrrole nitrogens is 1. The first-order valence-electron chi connectivity index (χ1n) is 6.67. The minimum Gasteiger partial charge on any atom is -0.326 e. The van der Waals surface area contributed by atoms with E-state index in [1.807, 2.05) is 24.3 Å². The fraction of sp³-hybridized carbons (Fsp3) is 0.0625. The molecule has 110 valence electrons. The minimum atomic E-state index is -0.190. The molecule has 0 radical (unpaired) electrons. The molecule has 2 N–H and O–H groups in total. The average Bonchev–Trinajstić information content (AvgIpc) is 2.54. The van der Waals surface area contributed by atoms with E-state index in [0.29, 0.717) is 22.2 Å². The molecule has 5 nitrogen and oxygen atoms in total. The lowest BCUT2D eigenvalue weighted by Crippen LogP contribution is -2.15. The fourth-order valence-electron chi connectivity index (χ4n) is 2.05. The number of rotatable bonds is 3. The highest BCUT2D eigenvalue weighted by atomic mass is 35.5. The number of aromatic amines is 1. The predicted molar refractivity (Wildman–Crippen MR) is 87.6 cm³/mol. The molecule has 0 fully saturated rings. The van der Waals surface area contributed by atoms with Gasteiger partial charge in [-0.05, 0) is 43.3 Å². The zero-order valence-corrected chi connectivity index (χ0v) is 12.6. The molecule has 0 aliphatic carbocycles. The number of nitrogens with zero attached hydrogens (tertiary/aromatic N) is 2. The molecule has 0 atom stereocenters. The summed E-state index contributed by atoms with van der Waals surface area (Å²) in [7, 11) is 0. The van der Waals surface area contributed by atoms with Gasteiger partial charge in [0.1, 0.15) is 0 Å². The Labute approximate surface area is 132 Å². The highest BCUT2D eigenvalue weighted by molar-refractivity contribution is 6.30. The van der Waals surface area contributed by atoms with Crippen molar-refractivity contribution in [2.45, 2.75) is 6.92 Å². The van der Waals surface area contributed by atoms with Gasteiger partial charge in [0, 0.05) is 34.2 Å². The van der Waals surface area contributed by atoms with E-state index in [9.17, 15) is 4.79 Å². The topological polar surface area (TPSA) is 70.7 Å². The lowest BCUT2D eigenvalue weighted by molar-refractivity contribution is 1.08. The van der Waals surface area contributed by atoms with Crippen LogP contribution in [-0.4, -0.2) is 15.0 Å². The van der Waals surface area contributed by atoms with Gasteiger partial charge in [0.2, 0.25) is 5.95 Å². The Balaban J connectivity index is 2.01. The molecule has 0 saturated heterocycles. The zero-order valence-electron chi connectivity index (χ0n) is 11.8. The van der Waals surface area contributed by atoms with E-state index in [0.717, 1.165) is 11.3 Å². The Hall–Kier alpha value is -2.66. The largest absolute Gasteiger partial charge is 0.326 e. The SMILES string of the molecule is Cc1c(-c2cccnc2)nc(Nc2ccc(Cl)cc2)[nH]c1=O. The minimum absolute atomic E-state index is 0.190. The Morgan fingerprint density at radius 1 is 1.18 bits per heavy atom. The van der Waals surface area contributed by atoms with E-state index in [2.05, 4.69) is 20.3 Å². The van der Waals surface area contributed by atoms with Crippen molar-refractivity contribution in [1.82, 2.24) is 15.0 Å². The van der Waals surface area contributed by atoms with Crippen LogP contribution in [0.3, 0.4) is 0 Å². The monoisotopic (exact) mass is 312 g/mol. The van der Waals surface area contributed by atoms with Crippen LogP contribution in [0.4, 0.5) is 11.6 Å². The summed E-state index contributed by atoms with van der Waals surface area (Å²) in [4.78, 5) is 23.4. The van der Waals surface area contributed by atoms with Gasteiger partial charge in [0.25, 0.3) is 5.56 Å². The van der Waals surface area contributed by atoms with Gasteiger partial charge in [-0.2, -0.15) is 0 Å². The summed E-state index contributed by atoms with van der Waals surface area (Å²) in [5.74, 6) is 0.372. The number of benzene rings is 1. The summed E-state index contributed by atoms with van der Waals surface area (Å²) in [6.07, 6.45) is 3.36. The van der Waals surface area contributed by atoms with Crippen molar-refractivity contribution in [1.29, 1.82) is 0 Å². The average molecular weight is 313 g/mol. The molecular weight excluding hydrogens is 300 g/mol. The third-order valence-corrected chi connectivity index (χ3v) is 3.45. The number of halogens is 1. The summed E-state index contributed by atoms with van der Waals surface area (Å²) < 4.78 is 0. The molecule has 0 saturated carbocycles. The fourth-order valence-corrected chi connectivity index (χ4v) is 2.17. The number of anilines is 2. The maximum Gasteiger partial charge on any atom is 0.255 e. The first kappa shape index (κ1) is 14.3. The van der Waals surface area contributed by atoms with Crippen molar-refractivity contribution in [3.05, 3.63) is 69.7 Å². The number of nitrogens with one attached hydrogen (secondary N) is 2. The van der Waals surface area contributed by atoms with E-state index in [4.69, 9.17) is 11.6 Å². The second-order valence-electron chi connectivity index (χ2n) is 4.76. The summed E-state index contributed by atoms with van der Waals surface area (Å²) in [5.41, 5.74) is 2.55. The third kappa shape index (κ3) is 2.99. The van der Waals surface area contributed by atoms with Crippen molar-refractivity contribution in [2.24, 2.45) is 0 Å². The van der Waals surface area contributed by atoms with Crippen molar-refractivity contribution >= 4 is 23.2 Å². The smallest absolute Gasteiger partial charge is 0.255 e. The summed E-state index contributed by atoms with van der Waals surface area (Å²) >= 11 is 5.86. The lowest BCUT2D eigenvalue weighted by Gasteiger charge is -2.09. The lowest BCUT2D eigenvalue weighted by atomic mass is 10.1. The first-order valence-corrected chi connectivity index (χ1v) is 7.05.